The number of ether oxygens (including phenoxy) is 1. The van der Waals surface area contributed by atoms with Gasteiger partial charge in [0.2, 0.25) is 5.91 Å². The summed E-state index contributed by atoms with van der Waals surface area (Å²) in [5.41, 5.74) is 1.81. The van der Waals surface area contributed by atoms with E-state index in [0.717, 1.165) is 12.1 Å². The van der Waals surface area contributed by atoms with Crippen LogP contribution in [0.25, 0.3) is 0 Å². The number of carbonyl (C=O) groups excluding carboxylic acids is 1. The molecule has 1 rings (SSSR count). The van der Waals surface area contributed by atoms with Gasteiger partial charge in [0.25, 0.3) is 0 Å². The van der Waals surface area contributed by atoms with Crippen LogP contribution in [0, 0.1) is 0 Å². The zero-order chi connectivity index (χ0) is 15.0. The summed E-state index contributed by atoms with van der Waals surface area (Å²) in [6.07, 6.45) is 1.71. The molecule has 110 valence electrons. The highest BCUT2D eigenvalue weighted by molar-refractivity contribution is 5.93. The maximum Gasteiger partial charge on any atom is 0.238 e. The molecule has 0 saturated heterocycles. The highest BCUT2D eigenvalue weighted by atomic mass is 16.5. The lowest BCUT2D eigenvalue weighted by Gasteiger charge is -2.14. The van der Waals surface area contributed by atoms with Gasteiger partial charge in [0.05, 0.1) is 19.3 Å². The third kappa shape index (κ3) is 5.42. The number of rotatable bonds is 8. The van der Waals surface area contributed by atoms with E-state index < -0.39 is 0 Å². The van der Waals surface area contributed by atoms with Crippen molar-refractivity contribution in [3.05, 3.63) is 36.4 Å². The van der Waals surface area contributed by atoms with Crippen molar-refractivity contribution < 1.29 is 9.53 Å². The van der Waals surface area contributed by atoms with Gasteiger partial charge in [0.15, 0.2) is 0 Å². The Morgan fingerprint density at radius 2 is 2.20 bits per heavy atom. The smallest absolute Gasteiger partial charge is 0.238 e. The van der Waals surface area contributed by atoms with Gasteiger partial charge in [-0.25, -0.2) is 0 Å². The fraction of sp³-hybridized carbons (Fsp3) is 0.400. The summed E-state index contributed by atoms with van der Waals surface area (Å²) < 4.78 is 5.27. The number of nitrogens with zero attached hydrogens (tertiary/aromatic N) is 1. The van der Waals surface area contributed by atoms with Gasteiger partial charge < -0.3 is 20.3 Å². The van der Waals surface area contributed by atoms with E-state index in [9.17, 15) is 4.79 Å². The lowest BCUT2D eigenvalue weighted by molar-refractivity contribution is -0.115. The van der Waals surface area contributed by atoms with Gasteiger partial charge in [0.1, 0.15) is 5.75 Å². The topological polar surface area (TPSA) is 53.6 Å². The number of benzene rings is 1. The third-order valence-electron chi connectivity index (χ3n) is 2.61. The molecule has 0 bridgehead atoms. The van der Waals surface area contributed by atoms with Crippen LogP contribution in [0.5, 0.6) is 5.75 Å². The molecule has 1 aromatic carbocycles. The summed E-state index contributed by atoms with van der Waals surface area (Å²) in [5, 5.41) is 5.81. The SMILES string of the molecule is C=CCNCC(=O)Nc1cc(CN(C)C)ccc1OC. The van der Waals surface area contributed by atoms with Gasteiger partial charge in [-0.3, -0.25) is 4.79 Å². The van der Waals surface area contributed by atoms with Crippen LogP contribution in [0.2, 0.25) is 0 Å². The van der Waals surface area contributed by atoms with Crippen LogP contribution in [0.15, 0.2) is 30.9 Å². The van der Waals surface area contributed by atoms with Gasteiger partial charge >= 0.3 is 0 Å². The Kier molecular flexibility index (Phi) is 6.76. The quantitative estimate of drug-likeness (QED) is 0.558. The minimum absolute atomic E-state index is 0.104. The summed E-state index contributed by atoms with van der Waals surface area (Å²) in [6, 6.07) is 5.79. The molecule has 0 spiro atoms. The predicted octanol–water partition coefficient (Wildman–Crippen LogP) is 1.47. The van der Waals surface area contributed by atoms with Crippen molar-refractivity contribution in [2.24, 2.45) is 0 Å². The molecule has 0 aromatic heterocycles. The van der Waals surface area contributed by atoms with Crippen molar-refractivity contribution >= 4 is 11.6 Å². The van der Waals surface area contributed by atoms with Crippen LogP contribution in [0.1, 0.15) is 5.56 Å². The van der Waals surface area contributed by atoms with Crippen LogP contribution < -0.4 is 15.4 Å². The number of hydrogen-bond acceptors (Lipinski definition) is 4. The van der Waals surface area contributed by atoms with E-state index in [1.807, 2.05) is 32.3 Å². The average Bonchev–Trinajstić information content (AvgIpc) is 2.38. The Hall–Kier alpha value is -1.85. The Morgan fingerprint density at radius 3 is 2.80 bits per heavy atom. The summed E-state index contributed by atoms with van der Waals surface area (Å²) in [5.74, 6) is 0.553. The normalized spacial score (nSPS) is 10.4. The molecule has 1 amide bonds. The molecule has 0 saturated carbocycles. The minimum atomic E-state index is -0.104. The Bertz CT molecular complexity index is 458. The summed E-state index contributed by atoms with van der Waals surface area (Å²) >= 11 is 0. The van der Waals surface area contributed by atoms with Crippen LogP contribution in [-0.2, 0) is 11.3 Å². The van der Waals surface area contributed by atoms with Crippen LogP contribution >= 0.6 is 0 Å². The largest absolute Gasteiger partial charge is 0.495 e. The molecular formula is C15H23N3O2. The maximum atomic E-state index is 11.8. The van der Waals surface area contributed by atoms with Crippen molar-refractivity contribution in [1.29, 1.82) is 0 Å². The number of amides is 1. The number of hydrogen-bond donors (Lipinski definition) is 2. The second kappa shape index (κ2) is 8.35. The van der Waals surface area contributed by atoms with Gasteiger partial charge in [-0.1, -0.05) is 12.1 Å². The van der Waals surface area contributed by atoms with Crippen LogP contribution in [-0.4, -0.2) is 45.1 Å². The standard InChI is InChI=1S/C15H23N3O2/c1-5-8-16-10-15(19)17-13-9-12(11-18(2)3)6-7-14(13)20-4/h5-7,9,16H,1,8,10-11H2,2-4H3,(H,17,19). The third-order valence-corrected chi connectivity index (χ3v) is 2.61. The van der Waals surface area contributed by atoms with Gasteiger partial charge in [-0.05, 0) is 31.8 Å². The van der Waals surface area contributed by atoms with Crippen LogP contribution in [0.4, 0.5) is 5.69 Å². The first-order chi connectivity index (χ1) is 9.56. The molecule has 0 aliphatic carbocycles. The Morgan fingerprint density at radius 1 is 1.45 bits per heavy atom. The van der Waals surface area contributed by atoms with E-state index in [2.05, 4.69) is 22.1 Å². The maximum absolute atomic E-state index is 11.8. The first-order valence-electron chi connectivity index (χ1n) is 6.50. The minimum Gasteiger partial charge on any atom is -0.495 e. The van der Waals surface area contributed by atoms with Gasteiger partial charge in [-0.2, -0.15) is 0 Å². The van der Waals surface area contributed by atoms with E-state index >= 15 is 0 Å². The molecule has 0 fully saturated rings. The molecule has 0 aliphatic heterocycles. The van der Waals surface area contributed by atoms with Crippen molar-refractivity contribution in [3.8, 4) is 5.75 Å². The molecule has 20 heavy (non-hydrogen) atoms. The zero-order valence-electron chi connectivity index (χ0n) is 12.4. The lowest BCUT2D eigenvalue weighted by atomic mass is 10.1. The predicted molar refractivity (Wildman–Crippen MR) is 82.1 cm³/mol. The molecule has 0 heterocycles. The Balaban J connectivity index is 2.74. The highest BCUT2D eigenvalue weighted by Gasteiger charge is 2.08. The molecule has 0 atom stereocenters. The van der Waals surface area contributed by atoms with E-state index in [4.69, 9.17) is 4.74 Å². The molecule has 5 heteroatoms. The zero-order valence-corrected chi connectivity index (χ0v) is 12.4. The fourth-order valence-electron chi connectivity index (χ4n) is 1.80. The van der Waals surface area contributed by atoms with Crippen LogP contribution in [0.3, 0.4) is 0 Å². The Labute approximate surface area is 120 Å². The van der Waals surface area contributed by atoms with E-state index in [1.54, 1.807) is 13.2 Å². The summed E-state index contributed by atoms with van der Waals surface area (Å²) in [6.45, 7) is 5.24. The molecule has 1 aromatic rings. The lowest BCUT2D eigenvalue weighted by Crippen LogP contribution is -2.28. The molecule has 2 N–H and O–H groups in total. The summed E-state index contributed by atoms with van der Waals surface area (Å²) in [7, 11) is 5.59. The van der Waals surface area contributed by atoms with Gasteiger partial charge in [-0.15, -0.1) is 6.58 Å². The number of nitrogens with one attached hydrogen (secondary N) is 2. The fourth-order valence-corrected chi connectivity index (χ4v) is 1.80. The van der Waals surface area contributed by atoms with E-state index in [0.29, 0.717) is 18.0 Å². The number of carbonyl (C=O) groups is 1. The number of methoxy groups -OCH3 is 1. The average molecular weight is 277 g/mol. The van der Waals surface area contributed by atoms with Crippen molar-refractivity contribution in [2.45, 2.75) is 6.54 Å². The first kappa shape index (κ1) is 16.2. The van der Waals surface area contributed by atoms with Gasteiger partial charge in [0, 0.05) is 13.1 Å². The second-order valence-corrected chi connectivity index (χ2v) is 4.74. The van der Waals surface area contributed by atoms with Crippen molar-refractivity contribution in [3.63, 3.8) is 0 Å². The molecule has 0 aliphatic rings. The molecule has 5 nitrogen and oxygen atoms in total. The summed E-state index contributed by atoms with van der Waals surface area (Å²) in [4.78, 5) is 13.9. The van der Waals surface area contributed by atoms with E-state index in [1.165, 1.54) is 0 Å². The monoisotopic (exact) mass is 277 g/mol. The number of anilines is 1. The highest BCUT2D eigenvalue weighted by Crippen LogP contribution is 2.25. The van der Waals surface area contributed by atoms with Crippen molar-refractivity contribution in [1.82, 2.24) is 10.2 Å². The van der Waals surface area contributed by atoms with E-state index in [-0.39, 0.29) is 12.5 Å². The molecule has 0 unspecified atom stereocenters. The van der Waals surface area contributed by atoms with Crippen molar-refractivity contribution in [2.75, 3.05) is 39.6 Å². The second-order valence-electron chi connectivity index (χ2n) is 4.74. The first-order valence-corrected chi connectivity index (χ1v) is 6.50. The molecular weight excluding hydrogens is 254 g/mol. The molecule has 0 radical (unpaired) electrons.